The molecule has 0 aliphatic carbocycles. The minimum Gasteiger partial charge on any atom is -0.335 e. The van der Waals surface area contributed by atoms with Gasteiger partial charge in [-0.3, -0.25) is 9.59 Å². The summed E-state index contributed by atoms with van der Waals surface area (Å²) >= 11 is 0. The van der Waals surface area contributed by atoms with Crippen molar-refractivity contribution in [1.82, 2.24) is 4.90 Å². The van der Waals surface area contributed by atoms with Gasteiger partial charge in [-0.15, -0.1) is 0 Å². The second kappa shape index (κ2) is 6.89. The molecule has 0 radical (unpaired) electrons. The lowest BCUT2D eigenvalue weighted by atomic mass is 10.0. The highest BCUT2D eigenvalue weighted by atomic mass is 16.2. The first kappa shape index (κ1) is 15.2. The molecule has 0 spiro atoms. The van der Waals surface area contributed by atoms with E-state index in [1.807, 2.05) is 32.0 Å². The van der Waals surface area contributed by atoms with Crippen molar-refractivity contribution >= 4 is 17.5 Å². The average molecular weight is 263 g/mol. The zero-order valence-corrected chi connectivity index (χ0v) is 11.6. The molecule has 1 atom stereocenters. The second-order valence-corrected chi connectivity index (χ2v) is 4.88. The number of nitrogens with zero attached hydrogens (tertiary/aromatic N) is 1. The number of likely N-dealkylation sites (N-methyl/N-ethyl adjacent to an activating group) is 1. The largest absolute Gasteiger partial charge is 0.335 e. The number of anilines is 1. The monoisotopic (exact) mass is 263 g/mol. The number of amides is 2. The minimum atomic E-state index is -0.575. The fourth-order valence-corrected chi connectivity index (χ4v) is 1.55. The first-order valence-corrected chi connectivity index (χ1v) is 6.27. The molecule has 1 rings (SSSR count). The highest BCUT2D eigenvalue weighted by molar-refractivity contribution is 5.95. The van der Waals surface area contributed by atoms with Gasteiger partial charge in [0.1, 0.15) is 0 Å². The highest BCUT2D eigenvalue weighted by Gasteiger charge is 2.22. The molecule has 0 heterocycles. The maximum Gasteiger partial charge on any atom is 0.243 e. The van der Waals surface area contributed by atoms with Gasteiger partial charge in [0.2, 0.25) is 11.8 Å². The molecule has 3 N–H and O–H groups in total. The molecule has 104 valence electrons. The maximum atomic E-state index is 11.9. The molecule has 0 saturated carbocycles. The van der Waals surface area contributed by atoms with Crippen molar-refractivity contribution < 1.29 is 9.59 Å². The summed E-state index contributed by atoms with van der Waals surface area (Å²) in [6.07, 6.45) is 0. The summed E-state index contributed by atoms with van der Waals surface area (Å²) in [4.78, 5) is 25.0. The average Bonchev–Trinajstić information content (AvgIpc) is 2.37. The van der Waals surface area contributed by atoms with Gasteiger partial charge in [-0.2, -0.15) is 0 Å². The summed E-state index contributed by atoms with van der Waals surface area (Å²) in [6, 6.07) is 8.54. The molecule has 0 unspecified atom stereocenters. The van der Waals surface area contributed by atoms with Crippen LogP contribution in [0.1, 0.15) is 13.8 Å². The number of nitrogens with one attached hydrogen (secondary N) is 1. The normalized spacial score (nSPS) is 12.1. The Morgan fingerprint density at radius 2 is 1.84 bits per heavy atom. The van der Waals surface area contributed by atoms with Crippen LogP contribution in [0.2, 0.25) is 0 Å². The van der Waals surface area contributed by atoms with Crippen molar-refractivity contribution in [3.63, 3.8) is 0 Å². The number of hydrogen-bond donors (Lipinski definition) is 2. The standard InChI is InChI=1S/C14H21N3O2/c1-10(2)13(15)14(19)17(3)9-12(18)16-11-7-5-4-6-8-11/h4-8,10,13H,9,15H2,1-3H3,(H,16,18)/t13-/m1/s1. The van der Waals surface area contributed by atoms with Gasteiger partial charge in [0, 0.05) is 12.7 Å². The van der Waals surface area contributed by atoms with Crippen LogP contribution >= 0.6 is 0 Å². The topological polar surface area (TPSA) is 75.4 Å². The van der Waals surface area contributed by atoms with Crippen LogP contribution in [0, 0.1) is 5.92 Å². The molecule has 1 aromatic carbocycles. The predicted molar refractivity (Wildman–Crippen MR) is 75.5 cm³/mol. The van der Waals surface area contributed by atoms with Gasteiger partial charge in [0.15, 0.2) is 0 Å². The fourth-order valence-electron chi connectivity index (χ4n) is 1.55. The zero-order chi connectivity index (χ0) is 14.4. The molecule has 0 aliphatic heterocycles. The summed E-state index contributed by atoms with van der Waals surface area (Å²) in [6.45, 7) is 3.75. The van der Waals surface area contributed by atoms with Crippen LogP contribution in [-0.4, -0.2) is 36.3 Å². The number of benzene rings is 1. The molecule has 0 bridgehead atoms. The quantitative estimate of drug-likeness (QED) is 0.834. The van der Waals surface area contributed by atoms with Crippen molar-refractivity contribution in [2.24, 2.45) is 11.7 Å². The van der Waals surface area contributed by atoms with Crippen LogP contribution < -0.4 is 11.1 Å². The van der Waals surface area contributed by atoms with Gasteiger partial charge in [-0.1, -0.05) is 32.0 Å². The molecule has 0 aromatic heterocycles. The second-order valence-electron chi connectivity index (χ2n) is 4.88. The molecule has 1 aromatic rings. The van der Waals surface area contributed by atoms with E-state index in [9.17, 15) is 9.59 Å². The highest BCUT2D eigenvalue weighted by Crippen LogP contribution is 2.06. The lowest BCUT2D eigenvalue weighted by molar-refractivity contribution is -0.135. The molecular formula is C14H21N3O2. The van der Waals surface area contributed by atoms with Gasteiger partial charge in [0.05, 0.1) is 12.6 Å². The smallest absolute Gasteiger partial charge is 0.243 e. The van der Waals surface area contributed by atoms with Crippen molar-refractivity contribution in [3.8, 4) is 0 Å². The zero-order valence-electron chi connectivity index (χ0n) is 11.6. The van der Waals surface area contributed by atoms with Gasteiger partial charge < -0.3 is 16.0 Å². The number of carbonyl (C=O) groups excluding carboxylic acids is 2. The molecule has 2 amide bonds. The third-order valence-electron chi connectivity index (χ3n) is 2.82. The molecule has 19 heavy (non-hydrogen) atoms. The number of carbonyl (C=O) groups is 2. The van der Waals surface area contributed by atoms with E-state index in [2.05, 4.69) is 5.32 Å². The van der Waals surface area contributed by atoms with E-state index in [1.165, 1.54) is 4.90 Å². The van der Waals surface area contributed by atoms with Crippen LogP contribution in [0.4, 0.5) is 5.69 Å². The number of rotatable bonds is 5. The summed E-state index contributed by atoms with van der Waals surface area (Å²) in [5.74, 6) is -0.414. The van der Waals surface area contributed by atoms with Crippen molar-refractivity contribution in [1.29, 1.82) is 0 Å². The summed E-state index contributed by atoms with van der Waals surface area (Å²) in [7, 11) is 1.58. The van der Waals surface area contributed by atoms with E-state index < -0.39 is 6.04 Å². The van der Waals surface area contributed by atoms with Crippen molar-refractivity contribution in [3.05, 3.63) is 30.3 Å². The lowest BCUT2D eigenvalue weighted by Gasteiger charge is -2.22. The molecule has 5 nitrogen and oxygen atoms in total. The summed E-state index contributed by atoms with van der Waals surface area (Å²) in [5.41, 5.74) is 6.48. The fraction of sp³-hybridized carbons (Fsp3) is 0.429. The van der Waals surface area contributed by atoms with Crippen LogP contribution in [0.5, 0.6) is 0 Å². The Kier molecular flexibility index (Phi) is 5.51. The van der Waals surface area contributed by atoms with E-state index in [-0.39, 0.29) is 24.3 Å². The Bertz CT molecular complexity index is 432. The maximum absolute atomic E-state index is 11.9. The summed E-state index contributed by atoms with van der Waals surface area (Å²) in [5, 5.41) is 2.72. The molecule has 0 aliphatic rings. The lowest BCUT2D eigenvalue weighted by Crippen LogP contribution is -2.47. The van der Waals surface area contributed by atoms with Crippen LogP contribution in [0.25, 0.3) is 0 Å². The van der Waals surface area contributed by atoms with Crippen molar-refractivity contribution in [2.45, 2.75) is 19.9 Å². The number of para-hydroxylation sites is 1. The molecular weight excluding hydrogens is 242 g/mol. The number of hydrogen-bond acceptors (Lipinski definition) is 3. The van der Waals surface area contributed by atoms with Gasteiger partial charge >= 0.3 is 0 Å². The SMILES string of the molecule is CC(C)[C@@H](N)C(=O)N(C)CC(=O)Nc1ccccc1. The van der Waals surface area contributed by atoms with E-state index in [0.29, 0.717) is 5.69 Å². The Hall–Kier alpha value is -1.88. The molecule has 0 fully saturated rings. The van der Waals surface area contributed by atoms with Gasteiger partial charge in [-0.25, -0.2) is 0 Å². The van der Waals surface area contributed by atoms with Gasteiger partial charge in [-0.05, 0) is 18.1 Å². The minimum absolute atomic E-state index is 0.00581. The first-order valence-electron chi connectivity index (χ1n) is 6.27. The van der Waals surface area contributed by atoms with Gasteiger partial charge in [0.25, 0.3) is 0 Å². The Labute approximate surface area is 113 Å². The third kappa shape index (κ3) is 4.71. The summed E-state index contributed by atoms with van der Waals surface area (Å²) < 4.78 is 0. The van der Waals surface area contributed by atoms with Crippen LogP contribution in [-0.2, 0) is 9.59 Å². The Morgan fingerprint density at radius 1 is 1.26 bits per heavy atom. The Morgan fingerprint density at radius 3 is 2.37 bits per heavy atom. The van der Waals surface area contributed by atoms with Crippen molar-refractivity contribution in [2.75, 3.05) is 18.9 Å². The third-order valence-corrected chi connectivity index (χ3v) is 2.82. The Balaban J connectivity index is 2.50. The molecule has 0 saturated heterocycles. The van der Waals surface area contributed by atoms with Crippen LogP contribution in [0.15, 0.2) is 30.3 Å². The van der Waals surface area contributed by atoms with E-state index in [1.54, 1.807) is 19.2 Å². The van der Waals surface area contributed by atoms with E-state index >= 15 is 0 Å². The first-order chi connectivity index (χ1) is 8.91. The molecule has 5 heteroatoms. The van der Waals surface area contributed by atoms with Crippen LogP contribution in [0.3, 0.4) is 0 Å². The van der Waals surface area contributed by atoms with E-state index in [4.69, 9.17) is 5.73 Å². The number of nitrogens with two attached hydrogens (primary N) is 1. The predicted octanol–water partition coefficient (Wildman–Crippen LogP) is 1.07. The van der Waals surface area contributed by atoms with E-state index in [0.717, 1.165) is 0 Å².